The van der Waals surface area contributed by atoms with E-state index in [0.717, 1.165) is 12.8 Å². The molecule has 1 fully saturated rings. The number of nitrogen functional groups attached to an aromatic ring is 1. The van der Waals surface area contributed by atoms with Gasteiger partial charge < -0.3 is 20.5 Å². The molecule has 2 atom stereocenters. The number of anilines is 2. The number of carbonyl (C=O) groups is 1. The number of benzene rings is 1. The van der Waals surface area contributed by atoms with Gasteiger partial charge in [0.2, 0.25) is 5.91 Å². The van der Waals surface area contributed by atoms with Gasteiger partial charge in [-0.15, -0.1) is 0 Å². The normalized spacial score (nSPS) is 22.2. The molecule has 1 aromatic carbocycles. The quantitative estimate of drug-likeness (QED) is 0.816. The maximum absolute atomic E-state index is 12.2. The zero-order valence-corrected chi connectivity index (χ0v) is 11.3. The van der Waals surface area contributed by atoms with Crippen LogP contribution in [0.5, 0.6) is 5.75 Å². The molecule has 0 aliphatic carbocycles. The van der Waals surface area contributed by atoms with Crippen LogP contribution in [0.15, 0.2) is 18.2 Å². The van der Waals surface area contributed by atoms with E-state index < -0.39 is 0 Å². The first-order valence-corrected chi connectivity index (χ1v) is 6.51. The number of hydrogen-bond acceptors (Lipinski definition) is 4. The number of carbonyl (C=O) groups excluding carboxylic acids is 1. The Hall–Kier alpha value is -1.75. The van der Waals surface area contributed by atoms with Gasteiger partial charge in [-0.2, -0.15) is 0 Å². The van der Waals surface area contributed by atoms with E-state index in [9.17, 15) is 4.79 Å². The summed E-state index contributed by atoms with van der Waals surface area (Å²) in [6.45, 7) is 2.68. The molecule has 0 bridgehead atoms. The van der Waals surface area contributed by atoms with E-state index in [1.165, 1.54) is 0 Å². The van der Waals surface area contributed by atoms with E-state index in [1.54, 1.807) is 25.3 Å². The molecule has 1 aromatic rings. The van der Waals surface area contributed by atoms with E-state index in [0.29, 0.717) is 23.7 Å². The number of ether oxygens (including phenoxy) is 2. The molecule has 104 valence electrons. The lowest BCUT2D eigenvalue weighted by atomic mass is 9.98. The van der Waals surface area contributed by atoms with Gasteiger partial charge >= 0.3 is 0 Å². The van der Waals surface area contributed by atoms with E-state index in [1.807, 2.05) is 6.92 Å². The third-order valence-electron chi connectivity index (χ3n) is 3.45. The number of nitrogens with one attached hydrogen (secondary N) is 1. The van der Waals surface area contributed by atoms with Crippen molar-refractivity contribution in [3.8, 4) is 5.75 Å². The third kappa shape index (κ3) is 2.98. The SMILES string of the molecule is CCC1OCCC1C(=O)Nc1ccc(N)c(OC)c1. The monoisotopic (exact) mass is 264 g/mol. The minimum absolute atomic E-state index is 0.00354. The fraction of sp³-hybridized carbons (Fsp3) is 0.500. The Morgan fingerprint density at radius 3 is 3.05 bits per heavy atom. The maximum Gasteiger partial charge on any atom is 0.230 e. The Balaban J connectivity index is 2.06. The van der Waals surface area contributed by atoms with Crippen LogP contribution >= 0.6 is 0 Å². The molecule has 5 heteroatoms. The topological polar surface area (TPSA) is 73.6 Å². The van der Waals surface area contributed by atoms with Gasteiger partial charge in [0.15, 0.2) is 0 Å². The minimum Gasteiger partial charge on any atom is -0.495 e. The summed E-state index contributed by atoms with van der Waals surface area (Å²) in [4.78, 5) is 12.2. The maximum atomic E-state index is 12.2. The summed E-state index contributed by atoms with van der Waals surface area (Å²) in [7, 11) is 1.55. The van der Waals surface area contributed by atoms with Crippen LogP contribution in [0.2, 0.25) is 0 Å². The van der Waals surface area contributed by atoms with Crippen LogP contribution in [0.1, 0.15) is 19.8 Å². The highest BCUT2D eigenvalue weighted by Crippen LogP contribution is 2.28. The van der Waals surface area contributed by atoms with Crippen molar-refractivity contribution in [3.05, 3.63) is 18.2 Å². The van der Waals surface area contributed by atoms with Crippen LogP contribution < -0.4 is 15.8 Å². The predicted molar refractivity (Wildman–Crippen MR) is 74.2 cm³/mol. The smallest absolute Gasteiger partial charge is 0.230 e. The second-order valence-electron chi connectivity index (χ2n) is 4.66. The molecule has 19 heavy (non-hydrogen) atoms. The van der Waals surface area contributed by atoms with E-state index >= 15 is 0 Å². The van der Waals surface area contributed by atoms with Crippen LogP contribution in [0.3, 0.4) is 0 Å². The zero-order valence-electron chi connectivity index (χ0n) is 11.3. The molecule has 5 nitrogen and oxygen atoms in total. The van der Waals surface area contributed by atoms with Crippen molar-refractivity contribution in [1.29, 1.82) is 0 Å². The van der Waals surface area contributed by atoms with Crippen molar-refractivity contribution in [2.75, 3.05) is 24.8 Å². The first-order valence-electron chi connectivity index (χ1n) is 6.51. The van der Waals surface area contributed by atoms with Gasteiger partial charge in [-0.05, 0) is 25.0 Å². The third-order valence-corrected chi connectivity index (χ3v) is 3.45. The van der Waals surface area contributed by atoms with Gasteiger partial charge in [0.05, 0.1) is 24.8 Å². The summed E-state index contributed by atoms with van der Waals surface area (Å²) >= 11 is 0. The van der Waals surface area contributed by atoms with Crippen molar-refractivity contribution >= 4 is 17.3 Å². The number of methoxy groups -OCH3 is 1. The highest BCUT2D eigenvalue weighted by Gasteiger charge is 2.32. The number of hydrogen-bond donors (Lipinski definition) is 2. The summed E-state index contributed by atoms with van der Waals surface area (Å²) in [6, 6.07) is 5.22. The summed E-state index contributed by atoms with van der Waals surface area (Å²) in [5.41, 5.74) is 6.98. The minimum atomic E-state index is -0.0754. The number of nitrogens with two attached hydrogens (primary N) is 1. The Labute approximate surface area is 113 Å². The second kappa shape index (κ2) is 5.93. The molecule has 2 unspecified atom stereocenters. The fourth-order valence-electron chi connectivity index (χ4n) is 2.37. The Bertz CT molecular complexity index is 462. The fourth-order valence-corrected chi connectivity index (χ4v) is 2.37. The molecule has 0 aromatic heterocycles. The molecule has 0 radical (unpaired) electrons. The lowest BCUT2D eigenvalue weighted by Crippen LogP contribution is -2.29. The van der Waals surface area contributed by atoms with Gasteiger partial charge in [0.1, 0.15) is 5.75 Å². The highest BCUT2D eigenvalue weighted by molar-refractivity contribution is 5.93. The van der Waals surface area contributed by atoms with Crippen LogP contribution in [-0.2, 0) is 9.53 Å². The average molecular weight is 264 g/mol. The molecular weight excluding hydrogens is 244 g/mol. The predicted octanol–water partition coefficient (Wildman–Crippen LogP) is 2.03. The van der Waals surface area contributed by atoms with Gasteiger partial charge in [0.25, 0.3) is 0 Å². The van der Waals surface area contributed by atoms with E-state index in [2.05, 4.69) is 5.32 Å². The summed E-state index contributed by atoms with van der Waals surface area (Å²) in [5.74, 6) is 0.484. The van der Waals surface area contributed by atoms with Gasteiger partial charge in [0, 0.05) is 18.4 Å². The molecule has 1 saturated heterocycles. The molecule has 2 rings (SSSR count). The van der Waals surface area contributed by atoms with Crippen molar-refractivity contribution in [2.45, 2.75) is 25.9 Å². The average Bonchev–Trinajstić information content (AvgIpc) is 2.89. The summed E-state index contributed by atoms with van der Waals surface area (Å²) in [5, 5.41) is 2.90. The first kappa shape index (κ1) is 13.7. The lowest BCUT2D eigenvalue weighted by molar-refractivity contribution is -0.121. The van der Waals surface area contributed by atoms with Crippen LogP contribution in [0.4, 0.5) is 11.4 Å². The molecule has 0 saturated carbocycles. The number of amides is 1. The molecule has 1 aliphatic rings. The molecular formula is C14H20N2O3. The van der Waals surface area contributed by atoms with Crippen molar-refractivity contribution in [3.63, 3.8) is 0 Å². The van der Waals surface area contributed by atoms with Crippen LogP contribution in [-0.4, -0.2) is 25.7 Å². The Morgan fingerprint density at radius 1 is 1.58 bits per heavy atom. The Morgan fingerprint density at radius 2 is 2.37 bits per heavy atom. The summed E-state index contributed by atoms with van der Waals surface area (Å²) in [6.07, 6.45) is 1.65. The lowest BCUT2D eigenvalue weighted by Gasteiger charge is -2.17. The molecule has 0 spiro atoms. The van der Waals surface area contributed by atoms with Crippen LogP contribution in [0, 0.1) is 5.92 Å². The molecule has 1 amide bonds. The van der Waals surface area contributed by atoms with Gasteiger partial charge in [-0.25, -0.2) is 0 Å². The zero-order chi connectivity index (χ0) is 13.8. The van der Waals surface area contributed by atoms with Crippen molar-refractivity contribution in [1.82, 2.24) is 0 Å². The Kier molecular flexibility index (Phi) is 4.27. The standard InChI is InChI=1S/C14H20N2O3/c1-3-12-10(6-7-19-12)14(17)16-9-4-5-11(15)13(8-9)18-2/h4-5,8,10,12H,3,6-7,15H2,1-2H3,(H,16,17). The molecule has 3 N–H and O–H groups in total. The summed E-state index contributed by atoms with van der Waals surface area (Å²) < 4.78 is 10.7. The second-order valence-corrected chi connectivity index (χ2v) is 4.66. The molecule has 1 aliphatic heterocycles. The largest absolute Gasteiger partial charge is 0.495 e. The van der Waals surface area contributed by atoms with E-state index in [4.69, 9.17) is 15.2 Å². The molecule has 1 heterocycles. The van der Waals surface area contributed by atoms with E-state index in [-0.39, 0.29) is 17.9 Å². The van der Waals surface area contributed by atoms with Crippen LogP contribution in [0.25, 0.3) is 0 Å². The van der Waals surface area contributed by atoms with Crippen molar-refractivity contribution in [2.24, 2.45) is 5.92 Å². The highest BCUT2D eigenvalue weighted by atomic mass is 16.5. The van der Waals surface area contributed by atoms with Gasteiger partial charge in [-0.3, -0.25) is 4.79 Å². The first-order chi connectivity index (χ1) is 9.15. The number of rotatable bonds is 4. The van der Waals surface area contributed by atoms with Crippen molar-refractivity contribution < 1.29 is 14.3 Å². The van der Waals surface area contributed by atoms with Gasteiger partial charge in [-0.1, -0.05) is 6.92 Å².